The number of aromatic amines is 1. The molecule has 9 heteroatoms. The molecule has 1 saturated heterocycles. The van der Waals surface area contributed by atoms with E-state index in [0.717, 1.165) is 19.2 Å². The third-order valence-electron chi connectivity index (χ3n) is 6.56. The van der Waals surface area contributed by atoms with E-state index in [0.29, 0.717) is 46.0 Å². The number of benzene rings is 3. The Kier molecular flexibility index (Phi) is 5.49. The first-order chi connectivity index (χ1) is 16.7. The molecule has 4 aromatic rings. The summed E-state index contributed by atoms with van der Waals surface area (Å²) in [5.74, 6) is -2.53. The Morgan fingerprint density at radius 1 is 0.943 bits per heavy atom. The summed E-state index contributed by atoms with van der Waals surface area (Å²) in [7, 11) is 2.02. The maximum Gasteiger partial charge on any atom is 0.335 e. The summed E-state index contributed by atoms with van der Waals surface area (Å²) in [6.45, 7) is 2.86. The van der Waals surface area contributed by atoms with E-state index >= 15 is 0 Å². The van der Waals surface area contributed by atoms with Gasteiger partial charge >= 0.3 is 5.97 Å². The van der Waals surface area contributed by atoms with Gasteiger partial charge in [-0.2, -0.15) is 0 Å². The summed E-state index contributed by atoms with van der Waals surface area (Å²) in [4.78, 5) is 43.9. The van der Waals surface area contributed by atoms with E-state index in [1.807, 2.05) is 7.05 Å². The highest BCUT2D eigenvalue weighted by Gasteiger charge is 2.23. The van der Waals surface area contributed by atoms with E-state index < -0.39 is 17.7 Å². The van der Waals surface area contributed by atoms with E-state index in [1.165, 1.54) is 18.2 Å². The second kappa shape index (κ2) is 8.52. The lowest BCUT2D eigenvalue weighted by Gasteiger charge is -2.32. The maximum atomic E-state index is 14.9. The molecule has 1 aromatic heterocycles. The van der Waals surface area contributed by atoms with Crippen molar-refractivity contribution >= 4 is 39.6 Å². The number of hydrogen-bond acceptors (Lipinski definition) is 4. The van der Waals surface area contributed by atoms with Crippen LogP contribution in [0.1, 0.15) is 31.1 Å². The normalized spacial score (nSPS) is 14.5. The van der Waals surface area contributed by atoms with Crippen molar-refractivity contribution in [2.45, 2.75) is 0 Å². The average Bonchev–Trinajstić information content (AvgIpc) is 3.22. The maximum absolute atomic E-state index is 14.9. The second-order valence-electron chi connectivity index (χ2n) is 8.76. The fourth-order valence-corrected chi connectivity index (χ4v) is 4.63. The van der Waals surface area contributed by atoms with E-state index in [1.54, 1.807) is 29.2 Å². The van der Waals surface area contributed by atoms with Crippen LogP contribution in [0.15, 0.2) is 48.5 Å². The number of piperazine rings is 1. The van der Waals surface area contributed by atoms with E-state index in [9.17, 15) is 23.9 Å². The standard InChI is InChI=1S/C26H23FN4O4/c1-30-8-10-31(11-9-30)25(33)14-2-4-17-21(13-14)29-23-18(24(28)32)6-5-16(22(17)23)19-12-15(26(34)35)3-7-20(19)27/h2-7,12-13,29H,8-11H2,1H3,(H2,28,32)(H,34,35). The minimum Gasteiger partial charge on any atom is -0.478 e. The fourth-order valence-electron chi connectivity index (χ4n) is 4.63. The quantitative estimate of drug-likeness (QED) is 0.419. The Morgan fingerprint density at radius 3 is 2.34 bits per heavy atom. The lowest BCUT2D eigenvalue weighted by atomic mass is 9.95. The van der Waals surface area contributed by atoms with Gasteiger partial charge < -0.3 is 25.6 Å². The van der Waals surface area contributed by atoms with Crippen molar-refractivity contribution in [3.63, 3.8) is 0 Å². The molecule has 0 unspecified atom stereocenters. The lowest BCUT2D eigenvalue weighted by molar-refractivity contribution is 0.0662. The zero-order chi connectivity index (χ0) is 24.9. The number of nitrogens with zero attached hydrogens (tertiary/aromatic N) is 2. The molecule has 0 bridgehead atoms. The summed E-state index contributed by atoms with van der Waals surface area (Å²) in [5, 5.41) is 10.6. The van der Waals surface area contributed by atoms with Crippen molar-refractivity contribution in [3.8, 4) is 11.1 Å². The highest BCUT2D eigenvalue weighted by molar-refractivity contribution is 6.20. The second-order valence-corrected chi connectivity index (χ2v) is 8.76. The molecule has 178 valence electrons. The molecule has 3 aromatic carbocycles. The van der Waals surface area contributed by atoms with Gasteiger partial charge in [0.25, 0.3) is 11.8 Å². The number of hydrogen-bond donors (Lipinski definition) is 3. The van der Waals surface area contributed by atoms with Gasteiger partial charge in [-0.1, -0.05) is 12.1 Å². The fraction of sp³-hybridized carbons (Fsp3) is 0.192. The molecular formula is C26H23FN4O4. The van der Waals surface area contributed by atoms with Crippen LogP contribution in [0.4, 0.5) is 4.39 Å². The number of carboxylic acids is 1. The van der Waals surface area contributed by atoms with Crippen LogP contribution in [0.25, 0.3) is 32.9 Å². The number of nitrogens with one attached hydrogen (secondary N) is 1. The van der Waals surface area contributed by atoms with E-state index in [-0.39, 0.29) is 22.6 Å². The zero-order valence-corrected chi connectivity index (χ0v) is 19.0. The highest BCUT2D eigenvalue weighted by Crippen LogP contribution is 2.38. The van der Waals surface area contributed by atoms with Crippen molar-refractivity contribution in [3.05, 3.63) is 71.0 Å². The number of aromatic nitrogens is 1. The number of nitrogens with two attached hydrogens (primary N) is 1. The van der Waals surface area contributed by atoms with Crippen molar-refractivity contribution < 1.29 is 23.9 Å². The molecular weight excluding hydrogens is 451 g/mol. The van der Waals surface area contributed by atoms with E-state index in [2.05, 4.69) is 9.88 Å². The van der Waals surface area contributed by atoms with Gasteiger partial charge in [-0.05, 0) is 49.0 Å². The SMILES string of the molecule is CN1CCN(C(=O)c2ccc3c(c2)[nH]c2c(C(N)=O)ccc(-c4cc(C(=O)O)ccc4F)c23)CC1. The van der Waals surface area contributed by atoms with Gasteiger partial charge in [0.05, 0.1) is 16.6 Å². The molecule has 8 nitrogen and oxygen atoms in total. The molecule has 1 aliphatic heterocycles. The monoisotopic (exact) mass is 474 g/mol. The van der Waals surface area contributed by atoms with Gasteiger partial charge in [0.15, 0.2) is 0 Å². The molecule has 0 aliphatic carbocycles. The van der Waals surface area contributed by atoms with Gasteiger partial charge in [-0.15, -0.1) is 0 Å². The van der Waals surface area contributed by atoms with Gasteiger partial charge in [-0.25, -0.2) is 9.18 Å². The highest BCUT2D eigenvalue weighted by atomic mass is 19.1. The third-order valence-corrected chi connectivity index (χ3v) is 6.56. The summed E-state index contributed by atoms with van der Waals surface area (Å²) in [6.07, 6.45) is 0. The third kappa shape index (κ3) is 3.89. The van der Waals surface area contributed by atoms with E-state index in [4.69, 9.17) is 5.73 Å². The first-order valence-corrected chi connectivity index (χ1v) is 11.1. The topological polar surface area (TPSA) is 120 Å². The Balaban J connectivity index is 1.70. The number of fused-ring (bicyclic) bond motifs is 3. The predicted molar refractivity (Wildman–Crippen MR) is 130 cm³/mol. The van der Waals surface area contributed by atoms with Crippen LogP contribution in [0, 0.1) is 5.82 Å². The van der Waals surface area contributed by atoms with Crippen LogP contribution in [-0.2, 0) is 0 Å². The Bertz CT molecular complexity index is 1520. The van der Waals surface area contributed by atoms with Crippen LogP contribution in [0.5, 0.6) is 0 Å². The zero-order valence-electron chi connectivity index (χ0n) is 19.0. The predicted octanol–water partition coefficient (Wildman–Crippen LogP) is 3.31. The Morgan fingerprint density at radius 2 is 1.66 bits per heavy atom. The molecule has 2 amide bonds. The summed E-state index contributed by atoms with van der Waals surface area (Å²) in [6, 6.07) is 11.8. The Hall–Kier alpha value is -4.24. The van der Waals surface area contributed by atoms with Crippen LogP contribution in [0.2, 0.25) is 0 Å². The lowest BCUT2D eigenvalue weighted by Crippen LogP contribution is -2.47. The van der Waals surface area contributed by atoms with Crippen LogP contribution in [-0.4, -0.2) is 70.9 Å². The summed E-state index contributed by atoms with van der Waals surface area (Å²) < 4.78 is 14.9. The van der Waals surface area contributed by atoms with Crippen LogP contribution >= 0.6 is 0 Å². The van der Waals surface area contributed by atoms with Gasteiger partial charge in [0, 0.05) is 53.6 Å². The van der Waals surface area contributed by atoms with Crippen molar-refractivity contribution in [2.75, 3.05) is 33.2 Å². The number of carbonyl (C=O) groups excluding carboxylic acids is 2. The first-order valence-electron chi connectivity index (χ1n) is 11.1. The van der Waals surface area contributed by atoms with Crippen molar-refractivity contribution in [1.82, 2.24) is 14.8 Å². The van der Waals surface area contributed by atoms with Crippen LogP contribution in [0.3, 0.4) is 0 Å². The molecule has 0 saturated carbocycles. The molecule has 0 atom stereocenters. The molecule has 1 fully saturated rings. The number of halogens is 1. The minimum atomic E-state index is -1.18. The number of carboxylic acid groups (broad SMARTS) is 1. The minimum absolute atomic E-state index is 0.0616. The number of carbonyl (C=O) groups is 3. The average molecular weight is 474 g/mol. The Labute approximate surface area is 199 Å². The molecule has 4 N–H and O–H groups in total. The van der Waals surface area contributed by atoms with Crippen molar-refractivity contribution in [2.24, 2.45) is 5.73 Å². The number of amides is 2. The molecule has 0 spiro atoms. The summed E-state index contributed by atoms with van der Waals surface area (Å²) in [5.41, 5.74) is 7.72. The molecule has 5 rings (SSSR count). The smallest absolute Gasteiger partial charge is 0.335 e. The first kappa shape index (κ1) is 22.5. The van der Waals surface area contributed by atoms with Crippen molar-refractivity contribution in [1.29, 1.82) is 0 Å². The number of likely N-dealkylation sites (N-methyl/N-ethyl adjacent to an activating group) is 1. The van der Waals surface area contributed by atoms with Gasteiger partial charge in [-0.3, -0.25) is 9.59 Å². The molecule has 1 aliphatic rings. The molecule has 0 radical (unpaired) electrons. The largest absolute Gasteiger partial charge is 0.478 e. The van der Waals surface area contributed by atoms with Crippen LogP contribution < -0.4 is 5.73 Å². The van der Waals surface area contributed by atoms with Gasteiger partial charge in [0.1, 0.15) is 5.82 Å². The number of H-pyrrole nitrogens is 1. The summed E-state index contributed by atoms with van der Waals surface area (Å²) >= 11 is 0. The number of primary amides is 1. The number of aromatic carboxylic acids is 1. The van der Waals surface area contributed by atoms with Gasteiger partial charge in [0.2, 0.25) is 0 Å². The number of rotatable bonds is 4. The molecule has 2 heterocycles. The molecule has 35 heavy (non-hydrogen) atoms.